The van der Waals surface area contributed by atoms with Gasteiger partial charge in [0.05, 0.1) is 10.7 Å². The lowest BCUT2D eigenvalue weighted by Gasteiger charge is -2.17. The molecule has 0 fully saturated rings. The van der Waals surface area contributed by atoms with Crippen LogP contribution in [-0.4, -0.2) is 17.6 Å². The maximum absolute atomic E-state index is 13.9. The van der Waals surface area contributed by atoms with Crippen molar-refractivity contribution in [3.05, 3.63) is 50.7 Å². The molecule has 0 aliphatic rings. The molecule has 2 rings (SSSR count). The first-order valence-electron chi connectivity index (χ1n) is 6.66. The molecule has 1 atom stereocenters. The molecule has 5 heteroatoms. The number of nitrogens with one attached hydrogen (secondary N) is 1. The third-order valence-corrected chi connectivity index (χ3v) is 4.15. The predicted octanol–water partition coefficient (Wildman–Crippen LogP) is 4.01. The number of nitrogens with zero attached hydrogens (tertiary/aromatic N) is 1. The number of thiazole rings is 1. The number of halogens is 2. The van der Waals surface area contributed by atoms with Gasteiger partial charge in [0.25, 0.3) is 0 Å². The molecule has 0 bridgehead atoms. The highest BCUT2D eigenvalue weighted by Crippen LogP contribution is 2.18. The molecule has 1 heterocycles. The lowest BCUT2D eigenvalue weighted by molar-refractivity contribution is 0.502. The highest BCUT2D eigenvalue weighted by molar-refractivity contribution is 7.09. The summed E-state index contributed by atoms with van der Waals surface area (Å²) >= 11 is 7.43. The van der Waals surface area contributed by atoms with E-state index in [1.807, 2.05) is 6.92 Å². The molecule has 1 aromatic carbocycles. The van der Waals surface area contributed by atoms with E-state index in [2.05, 4.69) is 22.6 Å². The number of likely N-dealkylation sites (N-methyl/N-ethyl adjacent to an activating group) is 1. The van der Waals surface area contributed by atoms with E-state index in [0.29, 0.717) is 17.0 Å². The van der Waals surface area contributed by atoms with Gasteiger partial charge in [-0.25, -0.2) is 9.37 Å². The molecule has 0 spiro atoms. The van der Waals surface area contributed by atoms with E-state index in [4.69, 9.17) is 11.6 Å². The zero-order valence-electron chi connectivity index (χ0n) is 11.6. The van der Waals surface area contributed by atoms with Crippen molar-refractivity contribution in [2.75, 3.05) is 6.54 Å². The van der Waals surface area contributed by atoms with Crippen LogP contribution in [0.1, 0.15) is 23.2 Å². The fourth-order valence-electron chi connectivity index (χ4n) is 2.21. The van der Waals surface area contributed by atoms with E-state index >= 15 is 0 Å². The van der Waals surface area contributed by atoms with E-state index in [1.54, 1.807) is 23.5 Å². The standard InChI is InChI=1S/C15H18ClFN2S/c1-3-18-13(8-14-9-20-10(2)19-14)6-11-4-5-12(16)7-15(11)17/h4-5,7,9,13,18H,3,6,8H2,1-2H3. The van der Waals surface area contributed by atoms with Crippen molar-refractivity contribution < 1.29 is 4.39 Å². The van der Waals surface area contributed by atoms with E-state index < -0.39 is 0 Å². The third kappa shape index (κ3) is 4.27. The van der Waals surface area contributed by atoms with Crippen LogP contribution in [0.3, 0.4) is 0 Å². The second-order valence-electron chi connectivity index (χ2n) is 4.76. The van der Waals surface area contributed by atoms with Gasteiger partial charge in [-0.1, -0.05) is 24.6 Å². The van der Waals surface area contributed by atoms with E-state index in [1.165, 1.54) is 6.07 Å². The van der Waals surface area contributed by atoms with Gasteiger partial charge < -0.3 is 5.32 Å². The molecule has 20 heavy (non-hydrogen) atoms. The minimum atomic E-state index is -0.241. The van der Waals surface area contributed by atoms with Crippen molar-refractivity contribution in [2.45, 2.75) is 32.7 Å². The smallest absolute Gasteiger partial charge is 0.127 e. The Morgan fingerprint density at radius 2 is 2.20 bits per heavy atom. The number of hydrogen-bond acceptors (Lipinski definition) is 3. The van der Waals surface area contributed by atoms with E-state index in [9.17, 15) is 4.39 Å². The second-order valence-corrected chi connectivity index (χ2v) is 6.26. The van der Waals surface area contributed by atoms with Gasteiger partial charge in [-0.15, -0.1) is 11.3 Å². The average molecular weight is 313 g/mol. The molecule has 2 nitrogen and oxygen atoms in total. The monoisotopic (exact) mass is 312 g/mol. The van der Waals surface area contributed by atoms with Gasteiger partial charge in [0.2, 0.25) is 0 Å². The number of aromatic nitrogens is 1. The molecule has 0 aliphatic heterocycles. The normalized spacial score (nSPS) is 12.6. The minimum Gasteiger partial charge on any atom is -0.314 e. The van der Waals surface area contributed by atoms with Crippen LogP contribution in [0.4, 0.5) is 4.39 Å². The Morgan fingerprint density at radius 3 is 2.80 bits per heavy atom. The van der Waals surface area contributed by atoms with Crippen molar-refractivity contribution in [1.29, 1.82) is 0 Å². The fraction of sp³-hybridized carbons (Fsp3) is 0.400. The highest BCUT2D eigenvalue weighted by Gasteiger charge is 2.14. The van der Waals surface area contributed by atoms with Gasteiger partial charge in [0.1, 0.15) is 5.82 Å². The van der Waals surface area contributed by atoms with E-state index in [-0.39, 0.29) is 11.9 Å². The first kappa shape index (κ1) is 15.4. The largest absolute Gasteiger partial charge is 0.314 e. The van der Waals surface area contributed by atoms with Crippen LogP contribution in [0.5, 0.6) is 0 Å². The molecule has 0 amide bonds. The molecular formula is C15H18ClFN2S. The van der Waals surface area contributed by atoms with Crippen molar-refractivity contribution in [1.82, 2.24) is 10.3 Å². The summed E-state index contributed by atoms with van der Waals surface area (Å²) in [5, 5.41) is 6.96. The molecule has 0 aliphatic carbocycles. The number of benzene rings is 1. The summed E-state index contributed by atoms with van der Waals surface area (Å²) in [6, 6.07) is 5.04. The summed E-state index contributed by atoms with van der Waals surface area (Å²) in [6.07, 6.45) is 1.44. The molecule has 1 aromatic heterocycles. The van der Waals surface area contributed by atoms with Crippen LogP contribution in [0.2, 0.25) is 5.02 Å². The molecule has 0 radical (unpaired) electrons. The van der Waals surface area contributed by atoms with Crippen molar-refractivity contribution in [3.8, 4) is 0 Å². The molecular weight excluding hydrogens is 295 g/mol. The molecule has 0 saturated carbocycles. The fourth-order valence-corrected chi connectivity index (χ4v) is 3.00. The summed E-state index contributed by atoms with van der Waals surface area (Å²) in [5.74, 6) is -0.241. The summed E-state index contributed by atoms with van der Waals surface area (Å²) in [5.41, 5.74) is 1.75. The SMILES string of the molecule is CCNC(Cc1csc(C)n1)Cc1ccc(Cl)cc1F. The topological polar surface area (TPSA) is 24.9 Å². The summed E-state index contributed by atoms with van der Waals surface area (Å²) in [7, 11) is 0. The Morgan fingerprint density at radius 1 is 1.40 bits per heavy atom. The van der Waals surface area contributed by atoms with Crippen LogP contribution in [-0.2, 0) is 12.8 Å². The van der Waals surface area contributed by atoms with Gasteiger partial charge in [-0.2, -0.15) is 0 Å². The molecule has 2 aromatic rings. The average Bonchev–Trinajstić information content (AvgIpc) is 2.78. The maximum Gasteiger partial charge on any atom is 0.127 e. The van der Waals surface area contributed by atoms with Crippen molar-refractivity contribution in [2.24, 2.45) is 0 Å². The van der Waals surface area contributed by atoms with Crippen LogP contribution in [0, 0.1) is 12.7 Å². The van der Waals surface area contributed by atoms with Gasteiger partial charge in [-0.05, 0) is 37.6 Å². The Labute approximate surface area is 128 Å². The van der Waals surface area contributed by atoms with Gasteiger partial charge in [0, 0.05) is 22.9 Å². The number of aryl methyl sites for hydroxylation is 1. The zero-order chi connectivity index (χ0) is 14.5. The Hall–Kier alpha value is -0.970. The number of rotatable bonds is 6. The number of hydrogen-bond donors (Lipinski definition) is 1. The zero-order valence-corrected chi connectivity index (χ0v) is 13.2. The highest BCUT2D eigenvalue weighted by atomic mass is 35.5. The summed E-state index contributed by atoms with van der Waals surface area (Å²) in [6.45, 7) is 4.90. The van der Waals surface area contributed by atoms with E-state index in [0.717, 1.165) is 23.7 Å². The lowest BCUT2D eigenvalue weighted by atomic mass is 10.0. The first-order chi connectivity index (χ1) is 9.58. The van der Waals surface area contributed by atoms with Gasteiger partial charge >= 0.3 is 0 Å². The Bertz CT molecular complexity index is 571. The minimum absolute atomic E-state index is 0.178. The van der Waals surface area contributed by atoms with Crippen molar-refractivity contribution >= 4 is 22.9 Å². The van der Waals surface area contributed by atoms with Crippen LogP contribution < -0.4 is 5.32 Å². The Kier molecular flexibility index (Phi) is 5.52. The van der Waals surface area contributed by atoms with Crippen LogP contribution in [0.15, 0.2) is 23.6 Å². The van der Waals surface area contributed by atoms with Gasteiger partial charge in [-0.3, -0.25) is 0 Å². The maximum atomic E-state index is 13.9. The quantitative estimate of drug-likeness (QED) is 0.872. The van der Waals surface area contributed by atoms with Crippen LogP contribution >= 0.6 is 22.9 Å². The lowest BCUT2D eigenvalue weighted by Crippen LogP contribution is -2.33. The molecule has 0 saturated heterocycles. The van der Waals surface area contributed by atoms with Gasteiger partial charge in [0.15, 0.2) is 0 Å². The molecule has 1 N–H and O–H groups in total. The second kappa shape index (κ2) is 7.16. The molecule has 108 valence electrons. The summed E-state index contributed by atoms with van der Waals surface area (Å²) in [4.78, 5) is 4.47. The predicted molar refractivity (Wildman–Crippen MR) is 83.1 cm³/mol. The first-order valence-corrected chi connectivity index (χ1v) is 7.92. The summed E-state index contributed by atoms with van der Waals surface area (Å²) < 4.78 is 13.9. The van der Waals surface area contributed by atoms with Crippen molar-refractivity contribution in [3.63, 3.8) is 0 Å². The molecule has 1 unspecified atom stereocenters. The third-order valence-electron chi connectivity index (χ3n) is 3.10. The van der Waals surface area contributed by atoms with Crippen LogP contribution in [0.25, 0.3) is 0 Å². The Balaban J connectivity index is 2.08.